The van der Waals surface area contributed by atoms with Crippen LogP contribution in [0.25, 0.3) is 0 Å². The number of hydrogen-bond acceptors (Lipinski definition) is 3. The Bertz CT molecular complexity index is 834. The number of carbonyl (C=O) groups excluding carboxylic acids is 2. The molecular formula is C21H24ClN3O2. The molecule has 5 nitrogen and oxygen atoms in total. The van der Waals surface area contributed by atoms with Crippen molar-refractivity contribution in [3.05, 3.63) is 59.7 Å². The summed E-state index contributed by atoms with van der Waals surface area (Å²) in [5.41, 5.74) is 3.46. The van der Waals surface area contributed by atoms with Crippen molar-refractivity contribution in [3.8, 4) is 0 Å². The number of hydrogen-bond donors (Lipinski definition) is 2. The van der Waals surface area contributed by atoms with Gasteiger partial charge in [-0.3, -0.25) is 9.59 Å². The molecule has 27 heavy (non-hydrogen) atoms. The van der Waals surface area contributed by atoms with Gasteiger partial charge in [-0.25, -0.2) is 0 Å². The number of anilines is 2. The molecule has 2 N–H and O–H groups in total. The largest absolute Gasteiger partial charge is 0.326 e. The Morgan fingerprint density at radius 2 is 2.00 bits per heavy atom. The fourth-order valence-corrected chi connectivity index (χ4v) is 3.80. The zero-order valence-electron chi connectivity index (χ0n) is 15.1. The number of halogens is 1. The second kappa shape index (κ2) is 8.55. The molecule has 4 rings (SSSR count). The van der Waals surface area contributed by atoms with Crippen molar-refractivity contribution in [3.63, 3.8) is 0 Å². The minimum atomic E-state index is -0.0245. The van der Waals surface area contributed by atoms with Gasteiger partial charge in [0.2, 0.25) is 5.91 Å². The van der Waals surface area contributed by atoms with Crippen LogP contribution in [0.2, 0.25) is 0 Å². The molecule has 6 heteroatoms. The number of amides is 2. The lowest BCUT2D eigenvalue weighted by atomic mass is 10.1. The van der Waals surface area contributed by atoms with Crippen molar-refractivity contribution in [2.45, 2.75) is 31.7 Å². The fourth-order valence-electron chi connectivity index (χ4n) is 3.80. The topological polar surface area (TPSA) is 61.4 Å². The molecule has 0 saturated carbocycles. The number of carbonyl (C=O) groups is 2. The maximum atomic E-state index is 12.9. The van der Waals surface area contributed by atoms with Crippen molar-refractivity contribution >= 4 is 35.6 Å². The average Bonchev–Trinajstić information content (AvgIpc) is 3.30. The molecule has 2 aromatic carbocycles. The first-order valence-corrected chi connectivity index (χ1v) is 9.24. The smallest absolute Gasteiger partial charge is 0.258 e. The first-order chi connectivity index (χ1) is 12.7. The molecule has 1 atom stereocenters. The summed E-state index contributed by atoms with van der Waals surface area (Å²) in [7, 11) is 0. The van der Waals surface area contributed by atoms with Gasteiger partial charge in [0.15, 0.2) is 0 Å². The SMILES string of the molecule is Cl.O=C(CC1CCCN1)Nc1cccc(C(=O)N2CCc3ccccc32)c1. The fraction of sp³-hybridized carbons (Fsp3) is 0.333. The molecule has 1 fully saturated rings. The lowest BCUT2D eigenvalue weighted by Crippen LogP contribution is -2.29. The third kappa shape index (κ3) is 4.31. The highest BCUT2D eigenvalue weighted by Gasteiger charge is 2.25. The van der Waals surface area contributed by atoms with Crippen molar-refractivity contribution in [2.75, 3.05) is 23.3 Å². The molecule has 142 valence electrons. The van der Waals surface area contributed by atoms with Gasteiger partial charge in [0.25, 0.3) is 5.91 Å². The van der Waals surface area contributed by atoms with Gasteiger partial charge in [0, 0.05) is 35.9 Å². The molecule has 1 saturated heterocycles. The minimum Gasteiger partial charge on any atom is -0.326 e. The molecule has 0 aromatic heterocycles. The van der Waals surface area contributed by atoms with E-state index in [1.54, 1.807) is 12.1 Å². The second-order valence-electron chi connectivity index (χ2n) is 6.96. The second-order valence-corrected chi connectivity index (χ2v) is 6.96. The van der Waals surface area contributed by atoms with Crippen LogP contribution in [-0.2, 0) is 11.2 Å². The Hall–Kier alpha value is -2.37. The predicted molar refractivity (Wildman–Crippen MR) is 110 cm³/mol. The van der Waals surface area contributed by atoms with Crippen LogP contribution in [0.15, 0.2) is 48.5 Å². The number of para-hydroxylation sites is 1. The third-order valence-electron chi connectivity index (χ3n) is 5.12. The highest BCUT2D eigenvalue weighted by Crippen LogP contribution is 2.29. The van der Waals surface area contributed by atoms with Crippen molar-refractivity contribution in [1.29, 1.82) is 0 Å². The van der Waals surface area contributed by atoms with Crippen molar-refractivity contribution < 1.29 is 9.59 Å². The summed E-state index contributed by atoms with van der Waals surface area (Å²) in [6.45, 7) is 1.68. The van der Waals surface area contributed by atoms with Gasteiger partial charge in [-0.15, -0.1) is 12.4 Å². The molecular weight excluding hydrogens is 362 g/mol. The third-order valence-corrected chi connectivity index (χ3v) is 5.12. The van der Waals surface area contributed by atoms with Crippen molar-refractivity contribution in [1.82, 2.24) is 5.32 Å². The summed E-state index contributed by atoms with van der Waals surface area (Å²) >= 11 is 0. The van der Waals surface area contributed by atoms with Crippen LogP contribution in [-0.4, -0.2) is 30.9 Å². The van der Waals surface area contributed by atoms with Crippen LogP contribution in [0.1, 0.15) is 35.2 Å². The summed E-state index contributed by atoms with van der Waals surface area (Å²) in [5, 5.41) is 6.25. The Balaban J connectivity index is 0.00000210. The van der Waals surface area contributed by atoms with Crippen LogP contribution in [0, 0.1) is 0 Å². The van der Waals surface area contributed by atoms with Crippen LogP contribution >= 0.6 is 12.4 Å². The Kier molecular flexibility index (Phi) is 6.14. The van der Waals surface area contributed by atoms with Crippen LogP contribution < -0.4 is 15.5 Å². The maximum Gasteiger partial charge on any atom is 0.258 e. The van der Waals surface area contributed by atoms with E-state index in [2.05, 4.69) is 16.7 Å². The number of benzene rings is 2. The summed E-state index contributed by atoms with van der Waals surface area (Å²) in [4.78, 5) is 27.0. The predicted octanol–water partition coefficient (Wildman–Crippen LogP) is 3.39. The molecule has 0 aliphatic carbocycles. The summed E-state index contributed by atoms with van der Waals surface area (Å²) in [5.74, 6) is -0.0379. The molecule has 0 radical (unpaired) electrons. The zero-order valence-corrected chi connectivity index (χ0v) is 15.9. The van der Waals surface area contributed by atoms with Gasteiger partial charge < -0.3 is 15.5 Å². The molecule has 2 aliphatic rings. The van der Waals surface area contributed by atoms with E-state index in [1.807, 2.05) is 35.2 Å². The van der Waals surface area contributed by atoms with E-state index in [0.29, 0.717) is 24.2 Å². The van der Waals surface area contributed by atoms with Crippen LogP contribution in [0.5, 0.6) is 0 Å². The number of nitrogens with one attached hydrogen (secondary N) is 2. The molecule has 2 aliphatic heterocycles. The van der Waals surface area contributed by atoms with E-state index in [-0.39, 0.29) is 30.3 Å². The van der Waals surface area contributed by atoms with E-state index in [9.17, 15) is 9.59 Å². The number of fused-ring (bicyclic) bond motifs is 1. The molecule has 2 aromatic rings. The van der Waals surface area contributed by atoms with Gasteiger partial charge in [0.1, 0.15) is 0 Å². The quantitative estimate of drug-likeness (QED) is 0.848. The summed E-state index contributed by atoms with van der Waals surface area (Å²) < 4.78 is 0. The van der Waals surface area contributed by atoms with E-state index in [1.165, 1.54) is 5.56 Å². The Morgan fingerprint density at radius 3 is 2.81 bits per heavy atom. The zero-order chi connectivity index (χ0) is 17.9. The Labute approximate surface area is 165 Å². The van der Waals surface area contributed by atoms with Crippen LogP contribution in [0.3, 0.4) is 0 Å². The molecule has 0 spiro atoms. The molecule has 0 bridgehead atoms. The molecule has 2 heterocycles. The summed E-state index contributed by atoms with van der Waals surface area (Å²) in [6.07, 6.45) is 3.52. The first kappa shape index (κ1) is 19.4. The van der Waals surface area contributed by atoms with Gasteiger partial charge in [-0.2, -0.15) is 0 Å². The van der Waals surface area contributed by atoms with E-state index in [0.717, 1.165) is 31.5 Å². The first-order valence-electron chi connectivity index (χ1n) is 9.24. The van der Waals surface area contributed by atoms with Gasteiger partial charge in [-0.1, -0.05) is 24.3 Å². The van der Waals surface area contributed by atoms with E-state index >= 15 is 0 Å². The Morgan fingerprint density at radius 1 is 1.15 bits per heavy atom. The van der Waals surface area contributed by atoms with Crippen molar-refractivity contribution in [2.24, 2.45) is 0 Å². The van der Waals surface area contributed by atoms with Crippen LogP contribution in [0.4, 0.5) is 11.4 Å². The molecule has 2 amide bonds. The number of rotatable bonds is 4. The summed E-state index contributed by atoms with van der Waals surface area (Å²) in [6, 6.07) is 15.5. The highest BCUT2D eigenvalue weighted by molar-refractivity contribution is 6.08. The maximum absolute atomic E-state index is 12.9. The van der Waals surface area contributed by atoms with E-state index in [4.69, 9.17) is 0 Å². The highest BCUT2D eigenvalue weighted by atomic mass is 35.5. The lowest BCUT2D eigenvalue weighted by molar-refractivity contribution is -0.116. The van der Waals surface area contributed by atoms with Gasteiger partial charge >= 0.3 is 0 Å². The van der Waals surface area contributed by atoms with Gasteiger partial charge in [0.05, 0.1) is 0 Å². The van der Waals surface area contributed by atoms with E-state index < -0.39 is 0 Å². The monoisotopic (exact) mass is 385 g/mol. The van der Waals surface area contributed by atoms with Gasteiger partial charge in [-0.05, 0) is 55.6 Å². The standard InChI is InChI=1S/C21H23N3O2.ClH/c25-20(14-17-8-4-11-22-17)23-18-7-3-6-16(13-18)21(26)24-12-10-15-5-1-2-9-19(15)24;/h1-3,5-7,9,13,17,22H,4,8,10-12,14H2,(H,23,25);1H. The normalized spacial score (nSPS) is 17.9. The molecule has 1 unspecified atom stereocenters. The average molecular weight is 386 g/mol. The lowest BCUT2D eigenvalue weighted by Gasteiger charge is -2.18. The number of nitrogens with zero attached hydrogens (tertiary/aromatic N) is 1. The minimum absolute atomic E-state index is 0.